The summed E-state index contributed by atoms with van der Waals surface area (Å²) in [7, 11) is 0. The molecule has 0 spiro atoms. The zero-order valence-corrected chi connectivity index (χ0v) is 9.82. The van der Waals surface area contributed by atoms with Gasteiger partial charge in [-0.05, 0) is 34.1 Å². The first-order valence-corrected chi connectivity index (χ1v) is 5.33. The molecule has 82 valence electrons. The second-order valence-corrected chi connectivity index (χ2v) is 4.03. The minimum absolute atomic E-state index is 0.380. The van der Waals surface area contributed by atoms with E-state index in [-0.39, 0.29) is 0 Å². The van der Waals surface area contributed by atoms with Crippen molar-refractivity contribution in [2.45, 2.75) is 0 Å². The van der Waals surface area contributed by atoms with Crippen molar-refractivity contribution >= 4 is 38.5 Å². The fourth-order valence-electron chi connectivity index (χ4n) is 1.51. The van der Waals surface area contributed by atoms with Crippen LogP contribution in [0.15, 0.2) is 34.8 Å². The zero-order chi connectivity index (χ0) is 11.7. The third-order valence-electron chi connectivity index (χ3n) is 2.20. The lowest BCUT2D eigenvalue weighted by atomic mass is 10.1. The Kier molecular flexibility index (Phi) is 2.70. The molecule has 0 bridgehead atoms. The number of rotatable bonds is 1. The van der Waals surface area contributed by atoms with Crippen LogP contribution >= 0.6 is 15.9 Å². The van der Waals surface area contributed by atoms with Crippen LogP contribution in [-0.2, 0) is 0 Å². The molecule has 4 N–H and O–H groups in total. The number of primary amides is 1. The molecular weight excluding hydrogens is 272 g/mol. The van der Waals surface area contributed by atoms with Crippen molar-refractivity contribution < 1.29 is 9.53 Å². The van der Waals surface area contributed by atoms with E-state index in [9.17, 15) is 4.79 Å². The molecule has 0 aliphatic heterocycles. The highest BCUT2D eigenvalue weighted by atomic mass is 79.9. The van der Waals surface area contributed by atoms with Crippen molar-refractivity contribution in [2.24, 2.45) is 5.73 Å². The first-order valence-electron chi connectivity index (χ1n) is 4.53. The van der Waals surface area contributed by atoms with Crippen LogP contribution in [-0.4, -0.2) is 6.09 Å². The lowest BCUT2D eigenvalue weighted by molar-refractivity contribution is 0.210. The van der Waals surface area contributed by atoms with Gasteiger partial charge in [-0.25, -0.2) is 4.79 Å². The Hall–Kier alpha value is -1.75. The molecule has 0 heterocycles. The fraction of sp³-hybridized carbons (Fsp3) is 0. The van der Waals surface area contributed by atoms with Gasteiger partial charge in [0.05, 0.1) is 4.47 Å². The van der Waals surface area contributed by atoms with Crippen LogP contribution in [0.1, 0.15) is 0 Å². The predicted molar refractivity (Wildman–Crippen MR) is 66.3 cm³/mol. The van der Waals surface area contributed by atoms with E-state index in [4.69, 9.17) is 16.2 Å². The smallest absolute Gasteiger partial charge is 0.409 e. The summed E-state index contributed by atoms with van der Waals surface area (Å²) in [5.74, 6) is 0.380. The van der Waals surface area contributed by atoms with E-state index < -0.39 is 6.09 Å². The Morgan fingerprint density at radius 1 is 1.19 bits per heavy atom. The van der Waals surface area contributed by atoms with Crippen LogP contribution in [0.2, 0.25) is 0 Å². The molecule has 0 aromatic heterocycles. The number of ether oxygens (including phenoxy) is 1. The first kappa shape index (κ1) is 10.8. The van der Waals surface area contributed by atoms with Gasteiger partial charge in [0, 0.05) is 16.5 Å². The summed E-state index contributed by atoms with van der Waals surface area (Å²) in [6.07, 6.45) is -0.844. The van der Waals surface area contributed by atoms with Gasteiger partial charge in [-0.1, -0.05) is 12.1 Å². The van der Waals surface area contributed by atoms with Gasteiger partial charge >= 0.3 is 6.09 Å². The Labute approximate surface area is 100 Å². The molecule has 5 heteroatoms. The largest absolute Gasteiger partial charge is 0.410 e. The van der Waals surface area contributed by atoms with E-state index in [2.05, 4.69) is 15.9 Å². The Bertz CT molecular complexity index is 569. The first-order chi connectivity index (χ1) is 7.59. The van der Waals surface area contributed by atoms with Crippen molar-refractivity contribution in [3.05, 3.63) is 34.8 Å². The van der Waals surface area contributed by atoms with Gasteiger partial charge in [-0.2, -0.15) is 0 Å². The SMILES string of the molecule is NC(=O)Oc1ccc2c(N)cccc2c1Br. The van der Waals surface area contributed by atoms with Gasteiger partial charge in [-0.15, -0.1) is 0 Å². The number of halogens is 1. The van der Waals surface area contributed by atoms with Crippen LogP contribution in [0.3, 0.4) is 0 Å². The number of nitrogen functional groups attached to an aromatic ring is 1. The van der Waals surface area contributed by atoms with Crippen LogP contribution in [0.25, 0.3) is 10.8 Å². The maximum absolute atomic E-state index is 10.7. The van der Waals surface area contributed by atoms with Gasteiger partial charge in [0.15, 0.2) is 0 Å². The van der Waals surface area contributed by atoms with E-state index in [0.717, 1.165) is 10.8 Å². The number of carbonyl (C=O) groups excluding carboxylic acids is 1. The molecule has 0 fully saturated rings. The van der Waals surface area contributed by atoms with Crippen molar-refractivity contribution in [3.8, 4) is 5.75 Å². The van der Waals surface area contributed by atoms with E-state index in [0.29, 0.717) is 15.9 Å². The van der Waals surface area contributed by atoms with Gasteiger partial charge < -0.3 is 16.2 Å². The summed E-state index contributed by atoms with van der Waals surface area (Å²) in [6.45, 7) is 0. The molecule has 0 aliphatic carbocycles. The van der Waals surface area contributed by atoms with E-state index in [1.165, 1.54) is 0 Å². The molecule has 0 radical (unpaired) electrons. The highest BCUT2D eigenvalue weighted by molar-refractivity contribution is 9.10. The summed E-state index contributed by atoms with van der Waals surface area (Å²) < 4.78 is 5.51. The predicted octanol–water partition coefficient (Wildman–Crippen LogP) is 2.64. The van der Waals surface area contributed by atoms with Crippen LogP contribution in [0, 0.1) is 0 Å². The summed E-state index contributed by atoms with van der Waals surface area (Å²) in [5, 5.41) is 1.77. The van der Waals surface area contributed by atoms with Gasteiger partial charge in [0.25, 0.3) is 0 Å². The fourth-order valence-corrected chi connectivity index (χ4v) is 2.07. The third kappa shape index (κ3) is 1.81. The second-order valence-electron chi connectivity index (χ2n) is 3.24. The Morgan fingerprint density at radius 2 is 1.94 bits per heavy atom. The standard InChI is InChI=1S/C11H9BrN2O2/c12-10-7-2-1-3-8(13)6(7)4-5-9(10)16-11(14)15/h1-5H,13H2,(H2,14,15). The number of fused-ring (bicyclic) bond motifs is 1. The van der Waals surface area contributed by atoms with Crippen molar-refractivity contribution in [3.63, 3.8) is 0 Å². The molecular formula is C11H9BrN2O2. The van der Waals surface area contributed by atoms with Crippen LogP contribution in [0.4, 0.5) is 10.5 Å². The highest BCUT2D eigenvalue weighted by Gasteiger charge is 2.09. The Morgan fingerprint density at radius 3 is 2.62 bits per heavy atom. The molecule has 0 saturated carbocycles. The maximum atomic E-state index is 10.7. The van der Waals surface area contributed by atoms with Crippen LogP contribution in [0.5, 0.6) is 5.75 Å². The summed E-state index contributed by atoms with van der Waals surface area (Å²) in [5.41, 5.74) is 11.5. The number of anilines is 1. The topological polar surface area (TPSA) is 78.3 Å². The minimum Gasteiger partial charge on any atom is -0.409 e. The van der Waals surface area contributed by atoms with Crippen molar-refractivity contribution in [2.75, 3.05) is 5.73 Å². The average Bonchev–Trinajstić information content (AvgIpc) is 2.23. The maximum Gasteiger partial charge on any atom is 0.410 e. The molecule has 2 aromatic carbocycles. The number of benzene rings is 2. The Balaban J connectivity index is 2.65. The molecule has 1 amide bonds. The lowest BCUT2D eigenvalue weighted by Crippen LogP contribution is -2.16. The van der Waals surface area contributed by atoms with E-state index in [1.807, 2.05) is 18.2 Å². The molecule has 2 aromatic rings. The summed E-state index contributed by atoms with van der Waals surface area (Å²) in [4.78, 5) is 10.7. The molecule has 16 heavy (non-hydrogen) atoms. The summed E-state index contributed by atoms with van der Waals surface area (Å²) >= 11 is 3.36. The zero-order valence-electron chi connectivity index (χ0n) is 8.24. The summed E-state index contributed by atoms with van der Waals surface area (Å²) in [6, 6.07) is 8.95. The van der Waals surface area contributed by atoms with E-state index >= 15 is 0 Å². The number of carbonyl (C=O) groups is 1. The van der Waals surface area contributed by atoms with E-state index in [1.54, 1.807) is 12.1 Å². The monoisotopic (exact) mass is 280 g/mol. The molecule has 0 atom stereocenters. The molecule has 4 nitrogen and oxygen atoms in total. The molecule has 0 unspecified atom stereocenters. The molecule has 0 aliphatic rings. The second kappa shape index (κ2) is 4.02. The normalized spacial score (nSPS) is 10.3. The van der Waals surface area contributed by atoms with Gasteiger partial charge in [0.2, 0.25) is 0 Å². The van der Waals surface area contributed by atoms with Crippen LogP contribution < -0.4 is 16.2 Å². The number of amides is 1. The number of nitrogens with two attached hydrogens (primary N) is 2. The number of hydrogen-bond donors (Lipinski definition) is 2. The van der Waals surface area contributed by atoms with Gasteiger partial charge in [0.1, 0.15) is 5.75 Å². The van der Waals surface area contributed by atoms with Crippen molar-refractivity contribution in [1.82, 2.24) is 0 Å². The molecule has 0 saturated heterocycles. The molecule has 2 rings (SSSR count). The number of hydrogen-bond acceptors (Lipinski definition) is 3. The minimum atomic E-state index is -0.844. The third-order valence-corrected chi connectivity index (χ3v) is 3.02. The van der Waals surface area contributed by atoms with Gasteiger partial charge in [-0.3, -0.25) is 0 Å². The highest BCUT2D eigenvalue weighted by Crippen LogP contribution is 2.35. The van der Waals surface area contributed by atoms with Crippen molar-refractivity contribution in [1.29, 1.82) is 0 Å². The lowest BCUT2D eigenvalue weighted by Gasteiger charge is -2.08. The quantitative estimate of drug-likeness (QED) is 0.789. The average molecular weight is 281 g/mol.